The van der Waals surface area contributed by atoms with Crippen molar-refractivity contribution in [2.45, 2.75) is 20.5 Å². The second kappa shape index (κ2) is 5.70. The third-order valence-electron chi connectivity index (χ3n) is 3.55. The van der Waals surface area contributed by atoms with E-state index in [-0.39, 0.29) is 12.5 Å². The van der Waals surface area contributed by atoms with Crippen LogP contribution in [0.3, 0.4) is 0 Å². The van der Waals surface area contributed by atoms with Crippen LogP contribution >= 0.6 is 11.3 Å². The van der Waals surface area contributed by atoms with Gasteiger partial charge in [-0.05, 0) is 23.6 Å². The number of benzene rings is 1. The van der Waals surface area contributed by atoms with E-state index in [1.54, 1.807) is 4.90 Å². The summed E-state index contributed by atoms with van der Waals surface area (Å²) < 4.78 is 1.93. The van der Waals surface area contributed by atoms with Gasteiger partial charge in [0.15, 0.2) is 4.96 Å². The van der Waals surface area contributed by atoms with Gasteiger partial charge < -0.3 is 10.0 Å². The molecular formula is C16H19N3O2S. The van der Waals surface area contributed by atoms with E-state index in [1.807, 2.05) is 35.8 Å². The van der Waals surface area contributed by atoms with Crippen LogP contribution in [0.15, 0.2) is 24.4 Å². The van der Waals surface area contributed by atoms with Crippen molar-refractivity contribution in [1.82, 2.24) is 14.3 Å². The van der Waals surface area contributed by atoms with Crippen molar-refractivity contribution < 1.29 is 9.90 Å². The third-order valence-corrected chi connectivity index (χ3v) is 4.52. The second-order valence-electron chi connectivity index (χ2n) is 5.92. The zero-order valence-electron chi connectivity index (χ0n) is 12.9. The Morgan fingerprint density at radius 2 is 2.23 bits per heavy atom. The van der Waals surface area contributed by atoms with Crippen LogP contribution in [0.25, 0.3) is 16.0 Å². The highest BCUT2D eigenvalue weighted by molar-refractivity contribution is 7.18. The average molecular weight is 317 g/mol. The van der Waals surface area contributed by atoms with E-state index in [9.17, 15) is 9.90 Å². The molecule has 2 aromatic heterocycles. The molecule has 5 nitrogen and oxygen atoms in total. The van der Waals surface area contributed by atoms with E-state index in [0.29, 0.717) is 10.8 Å². The van der Waals surface area contributed by atoms with Crippen molar-refractivity contribution in [1.29, 1.82) is 0 Å². The molecule has 3 rings (SSSR count). The molecular weight excluding hydrogens is 298 g/mol. The Hall–Kier alpha value is -1.92. The first-order chi connectivity index (χ1) is 10.5. The molecule has 0 bridgehead atoms. The maximum Gasteiger partial charge on any atom is 0.265 e. The minimum atomic E-state index is -0.00375. The molecule has 0 spiro atoms. The van der Waals surface area contributed by atoms with Crippen molar-refractivity contribution in [3.8, 4) is 0 Å². The number of hydrogen-bond donors (Lipinski definition) is 1. The smallest absolute Gasteiger partial charge is 0.265 e. The van der Waals surface area contributed by atoms with Gasteiger partial charge in [-0.3, -0.25) is 9.20 Å². The first kappa shape index (κ1) is 15.0. The SMILES string of the molecule is CC(C)CN(C)C(=O)c1cn2c(nc3ccc(CO)cc32)s1. The van der Waals surface area contributed by atoms with Gasteiger partial charge in [-0.15, -0.1) is 0 Å². The summed E-state index contributed by atoms with van der Waals surface area (Å²) in [5.74, 6) is 0.460. The fourth-order valence-electron chi connectivity index (χ4n) is 2.57. The zero-order chi connectivity index (χ0) is 15.9. The molecule has 3 aromatic rings. The van der Waals surface area contributed by atoms with Gasteiger partial charge in [0.05, 0.1) is 17.6 Å². The van der Waals surface area contributed by atoms with Crippen molar-refractivity contribution in [2.75, 3.05) is 13.6 Å². The highest BCUT2D eigenvalue weighted by Crippen LogP contribution is 2.25. The Bertz CT molecular complexity index is 835. The van der Waals surface area contributed by atoms with Crippen molar-refractivity contribution in [3.05, 3.63) is 34.8 Å². The lowest BCUT2D eigenvalue weighted by Crippen LogP contribution is -2.29. The Labute approximate surface area is 132 Å². The minimum Gasteiger partial charge on any atom is -0.392 e. The highest BCUT2D eigenvalue weighted by atomic mass is 32.1. The number of carbonyl (C=O) groups is 1. The van der Waals surface area contributed by atoms with E-state index in [4.69, 9.17) is 0 Å². The lowest BCUT2D eigenvalue weighted by molar-refractivity contribution is 0.0783. The van der Waals surface area contributed by atoms with Crippen LogP contribution in [0.1, 0.15) is 29.1 Å². The number of aliphatic hydroxyl groups is 1. The number of aliphatic hydroxyl groups excluding tert-OH is 1. The fourth-order valence-corrected chi connectivity index (χ4v) is 3.56. The summed E-state index contributed by atoms with van der Waals surface area (Å²) in [6, 6.07) is 5.67. The van der Waals surface area contributed by atoms with Crippen LogP contribution < -0.4 is 0 Å². The Morgan fingerprint density at radius 1 is 1.45 bits per heavy atom. The molecule has 0 aliphatic rings. The maximum atomic E-state index is 12.5. The van der Waals surface area contributed by atoms with E-state index < -0.39 is 0 Å². The number of amides is 1. The monoisotopic (exact) mass is 317 g/mol. The van der Waals surface area contributed by atoms with Crippen LogP contribution in [-0.4, -0.2) is 38.9 Å². The van der Waals surface area contributed by atoms with Crippen molar-refractivity contribution in [2.24, 2.45) is 5.92 Å². The predicted octanol–water partition coefficient (Wildman–Crippen LogP) is 2.77. The lowest BCUT2D eigenvalue weighted by atomic mass is 10.2. The summed E-state index contributed by atoms with van der Waals surface area (Å²) in [6.45, 7) is 4.91. The number of aromatic nitrogens is 2. The van der Waals surface area contributed by atoms with Gasteiger partial charge >= 0.3 is 0 Å². The van der Waals surface area contributed by atoms with Gasteiger partial charge in [-0.2, -0.15) is 0 Å². The molecule has 1 N–H and O–H groups in total. The number of imidazole rings is 1. The molecule has 0 unspecified atom stereocenters. The average Bonchev–Trinajstić information content (AvgIpc) is 3.02. The standard InChI is InChI=1S/C16H19N3O2S/c1-10(2)7-18(3)15(21)14-8-19-13-6-11(9-20)4-5-12(13)17-16(19)22-14/h4-6,8,10,20H,7,9H2,1-3H3. The second-order valence-corrected chi connectivity index (χ2v) is 6.93. The first-order valence-corrected chi connectivity index (χ1v) is 8.08. The van der Waals surface area contributed by atoms with E-state index in [1.165, 1.54) is 11.3 Å². The molecule has 0 fully saturated rings. The molecule has 6 heteroatoms. The first-order valence-electron chi connectivity index (χ1n) is 7.26. The van der Waals surface area contributed by atoms with Crippen molar-refractivity contribution >= 4 is 33.2 Å². The minimum absolute atomic E-state index is 0.00375. The van der Waals surface area contributed by atoms with Gasteiger partial charge in [0.25, 0.3) is 5.91 Å². The molecule has 2 heterocycles. The summed E-state index contributed by atoms with van der Waals surface area (Å²) in [5, 5.41) is 9.27. The number of hydrogen-bond acceptors (Lipinski definition) is 4. The molecule has 1 aromatic carbocycles. The maximum absolute atomic E-state index is 12.5. The van der Waals surface area contributed by atoms with Crippen LogP contribution in [0.2, 0.25) is 0 Å². The lowest BCUT2D eigenvalue weighted by Gasteiger charge is -2.18. The van der Waals surface area contributed by atoms with Crippen LogP contribution in [0, 0.1) is 5.92 Å². The summed E-state index contributed by atoms with van der Waals surface area (Å²) in [6.07, 6.45) is 1.84. The molecule has 0 saturated carbocycles. The van der Waals surface area contributed by atoms with Crippen molar-refractivity contribution in [3.63, 3.8) is 0 Å². The van der Waals surface area contributed by atoms with Gasteiger partial charge in [0, 0.05) is 19.8 Å². The molecule has 0 radical (unpaired) electrons. The number of fused-ring (bicyclic) bond motifs is 3. The fraction of sp³-hybridized carbons (Fsp3) is 0.375. The molecule has 22 heavy (non-hydrogen) atoms. The summed E-state index contributed by atoms with van der Waals surface area (Å²) in [7, 11) is 1.83. The molecule has 0 saturated heterocycles. The van der Waals surface area contributed by atoms with Crippen LogP contribution in [0.4, 0.5) is 0 Å². The van der Waals surface area contributed by atoms with Gasteiger partial charge in [0.1, 0.15) is 4.88 Å². The number of carbonyl (C=O) groups excluding carboxylic acids is 1. The molecule has 116 valence electrons. The van der Waals surface area contributed by atoms with E-state index in [0.717, 1.165) is 28.1 Å². The van der Waals surface area contributed by atoms with Crippen LogP contribution in [-0.2, 0) is 6.61 Å². The molecule has 0 aliphatic carbocycles. The Morgan fingerprint density at radius 3 is 2.91 bits per heavy atom. The van der Waals surface area contributed by atoms with E-state index >= 15 is 0 Å². The quantitative estimate of drug-likeness (QED) is 0.805. The molecule has 0 aliphatic heterocycles. The van der Waals surface area contributed by atoms with Crippen LogP contribution in [0.5, 0.6) is 0 Å². The highest BCUT2D eigenvalue weighted by Gasteiger charge is 2.18. The Balaban J connectivity index is 2.01. The summed E-state index contributed by atoms with van der Waals surface area (Å²) in [5.41, 5.74) is 2.63. The van der Waals surface area contributed by atoms with Gasteiger partial charge in [-0.1, -0.05) is 31.3 Å². The summed E-state index contributed by atoms with van der Waals surface area (Å²) in [4.78, 5) is 20.2. The Kier molecular flexibility index (Phi) is 3.88. The number of nitrogens with zero attached hydrogens (tertiary/aromatic N) is 3. The predicted molar refractivity (Wildman–Crippen MR) is 88.3 cm³/mol. The summed E-state index contributed by atoms with van der Waals surface area (Å²) >= 11 is 1.40. The largest absolute Gasteiger partial charge is 0.392 e. The normalized spacial score (nSPS) is 11.7. The molecule has 1 amide bonds. The zero-order valence-corrected chi connectivity index (χ0v) is 13.7. The topological polar surface area (TPSA) is 57.8 Å². The number of rotatable bonds is 4. The van der Waals surface area contributed by atoms with Gasteiger partial charge in [-0.25, -0.2) is 4.98 Å². The molecule has 0 atom stereocenters. The third kappa shape index (κ3) is 2.60. The van der Waals surface area contributed by atoms with Gasteiger partial charge in [0.2, 0.25) is 0 Å². The van der Waals surface area contributed by atoms with E-state index in [2.05, 4.69) is 18.8 Å². The number of thiazole rings is 1.